The lowest BCUT2D eigenvalue weighted by atomic mass is 9.72. The van der Waals surface area contributed by atoms with Crippen molar-refractivity contribution in [2.45, 2.75) is 47.5 Å². The van der Waals surface area contributed by atoms with E-state index in [0.29, 0.717) is 36.3 Å². The second-order valence-corrected chi connectivity index (χ2v) is 9.56. The Morgan fingerprint density at radius 2 is 1.50 bits per heavy atom. The maximum atomic E-state index is 12.8. The van der Waals surface area contributed by atoms with E-state index in [0.717, 1.165) is 12.2 Å². The number of likely N-dealkylation sites (N-methyl/N-ethyl adjacent to an activating group) is 1. The number of azo groups is 1. The van der Waals surface area contributed by atoms with Crippen molar-refractivity contribution in [1.82, 2.24) is 0 Å². The summed E-state index contributed by atoms with van der Waals surface area (Å²) in [5.41, 5.74) is 1.37. The molecule has 2 aromatic rings. The van der Waals surface area contributed by atoms with Gasteiger partial charge in [-0.2, -0.15) is 15.5 Å². The molecule has 2 rings (SSSR count). The molecule has 8 heteroatoms. The number of methoxy groups -OCH3 is 1. The monoisotopic (exact) mass is 492 g/mol. The van der Waals surface area contributed by atoms with Gasteiger partial charge >= 0.3 is 11.9 Å². The normalized spacial score (nSPS) is 13.0. The average Bonchev–Trinajstić information content (AvgIpc) is 2.89. The second kappa shape index (κ2) is 12.8. The molecule has 0 aliphatic rings. The van der Waals surface area contributed by atoms with E-state index < -0.39 is 10.8 Å². The van der Waals surface area contributed by atoms with Crippen LogP contribution in [0.4, 0.5) is 17.1 Å². The van der Waals surface area contributed by atoms with E-state index in [-0.39, 0.29) is 18.5 Å². The van der Waals surface area contributed by atoms with E-state index in [4.69, 9.17) is 14.7 Å². The minimum atomic E-state index is -0.822. The minimum absolute atomic E-state index is 0.233. The molecule has 0 aliphatic carbocycles. The molecule has 192 valence electrons. The fraction of sp³-hybridized carbons (Fsp3) is 0.464. The van der Waals surface area contributed by atoms with Gasteiger partial charge < -0.3 is 14.4 Å². The highest BCUT2D eigenvalue weighted by Gasteiger charge is 2.42. The van der Waals surface area contributed by atoms with Gasteiger partial charge in [0.05, 0.1) is 47.5 Å². The van der Waals surface area contributed by atoms with E-state index in [1.54, 1.807) is 38.1 Å². The predicted molar refractivity (Wildman–Crippen MR) is 139 cm³/mol. The molecule has 0 N–H and O–H groups in total. The standard InChI is InChI=1S/C28H36N4O4/c1-7-28(5,26(34)35-6)20-27(3,4)25(33)36-18-17-32(8-2)24-15-13-23(14-16-24)31-30-22-11-9-21(19-29)10-12-22/h9-16H,7-8,17-18,20H2,1-6H3. The van der Waals surface area contributed by atoms with Gasteiger partial charge in [-0.25, -0.2) is 0 Å². The van der Waals surface area contributed by atoms with Crippen LogP contribution in [0, 0.1) is 22.2 Å². The van der Waals surface area contributed by atoms with Crippen LogP contribution in [0.25, 0.3) is 0 Å². The molecule has 8 nitrogen and oxygen atoms in total. The number of carbonyl (C=O) groups excluding carboxylic acids is 2. The molecule has 0 aliphatic heterocycles. The average molecular weight is 493 g/mol. The first-order valence-electron chi connectivity index (χ1n) is 12.1. The van der Waals surface area contributed by atoms with Gasteiger partial charge in [0.1, 0.15) is 6.61 Å². The number of benzene rings is 2. The molecule has 36 heavy (non-hydrogen) atoms. The molecule has 0 bridgehead atoms. The summed E-state index contributed by atoms with van der Waals surface area (Å²) in [5.74, 6) is -0.649. The van der Waals surface area contributed by atoms with E-state index in [2.05, 4.69) is 21.2 Å². The van der Waals surface area contributed by atoms with Gasteiger partial charge in [0.2, 0.25) is 0 Å². The smallest absolute Gasteiger partial charge is 0.311 e. The first kappa shape index (κ1) is 28.5. The van der Waals surface area contributed by atoms with Crippen LogP contribution in [-0.4, -0.2) is 38.7 Å². The number of ether oxygens (including phenoxy) is 2. The predicted octanol–water partition coefficient (Wildman–Crippen LogP) is 6.35. The Hall–Kier alpha value is -3.73. The van der Waals surface area contributed by atoms with Gasteiger partial charge in [0.25, 0.3) is 0 Å². The summed E-state index contributed by atoms with van der Waals surface area (Å²) >= 11 is 0. The molecule has 1 unspecified atom stereocenters. The topological polar surface area (TPSA) is 104 Å². The molecule has 0 saturated carbocycles. The molecule has 2 aromatic carbocycles. The fourth-order valence-electron chi connectivity index (χ4n) is 4.00. The summed E-state index contributed by atoms with van der Waals surface area (Å²) in [6.07, 6.45) is 0.918. The summed E-state index contributed by atoms with van der Waals surface area (Å²) in [7, 11) is 1.37. The van der Waals surface area contributed by atoms with Gasteiger partial charge in [-0.1, -0.05) is 6.92 Å². The highest BCUT2D eigenvalue weighted by atomic mass is 16.5. The fourth-order valence-corrected chi connectivity index (χ4v) is 4.00. The molecule has 0 spiro atoms. The number of hydrogen-bond donors (Lipinski definition) is 0. The molecule has 0 aromatic heterocycles. The lowest BCUT2D eigenvalue weighted by Crippen LogP contribution is -2.39. The summed E-state index contributed by atoms with van der Waals surface area (Å²) in [6, 6.07) is 16.6. The Kier molecular flexibility index (Phi) is 10.2. The van der Waals surface area contributed by atoms with Crippen LogP contribution in [0.2, 0.25) is 0 Å². The van der Waals surface area contributed by atoms with Crippen molar-refractivity contribution in [1.29, 1.82) is 5.26 Å². The minimum Gasteiger partial charge on any atom is -0.469 e. The van der Waals surface area contributed by atoms with Crippen molar-refractivity contribution in [2.24, 2.45) is 21.1 Å². The molecule has 0 amide bonds. The SMILES string of the molecule is CCN(CCOC(=O)C(C)(C)CC(C)(CC)C(=O)OC)c1ccc(N=Nc2ccc(C#N)cc2)cc1. The van der Waals surface area contributed by atoms with Gasteiger partial charge in [-0.3, -0.25) is 9.59 Å². The zero-order valence-corrected chi connectivity index (χ0v) is 22.1. The lowest BCUT2D eigenvalue weighted by molar-refractivity contribution is -0.161. The van der Waals surface area contributed by atoms with Gasteiger partial charge in [-0.15, -0.1) is 0 Å². The van der Waals surface area contributed by atoms with Crippen LogP contribution in [0.3, 0.4) is 0 Å². The Labute approximate surface area is 213 Å². The number of anilines is 1. The van der Waals surface area contributed by atoms with Crippen molar-refractivity contribution in [3.63, 3.8) is 0 Å². The Morgan fingerprint density at radius 1 is 0.944 bits per heavy atom. The van der Waals surface area contributed by atoms with E-state index in [1.807, 2.05) is 45.0 Å². The van der Waals surface area contributed by atoms with Crippen LogP contribution in [0.1, 0.15) is 53.0 Å². The maximum Gasteiger partial charge on any atom is 0.311 e. The molecular weight excluding hydrogens is 456 g/mol. The Balaban J connectivity index is 1.94. The van der Waals surface area contributed by atoms with Gasteiger partial charge in [-0.05, 0) is 89.1 Å². The molecule has 0 radical (unpaired) electrons. The highest BCUT2D eigenvalue weighted by molar-refractivity contribution is 5.80. The summed E-state index contributed by atoms with van der Waals surface area (Å²) in [5, 5.41) is 17.3. The third-order valence-corrected chi connectivity index (χ3v) is 6.31. The van der Waals surface area contributed by atoms with Crippen LogP contribution < -0.4 is 4.90 Å². The van der Waals surface area contributed by atoms with Crippen molar-refractivity contribution in [3.8, 4) is 6.07 Å². The van der Waals surface area contributed by atoms with Crippen LogP contribution in [0.5, 0.6) is 0 Å². The number of carbonyl (C=O) groups is 2. The first-order valence-corrected chi connectivity index (χ1v) is 12.1. The summed E-state index contributed by atoms with van der Waals surface area (Å²) < 4.78 is 10.5. The second-order valence-electron chi connectivity index (χ2n) is 9.56. The number of hydrogen-bond acceptors (Lipinski definition) is 8. The van der Waals surface area contributed by atoms with Crippen LogP contribution >= 0.6 is 0 Å². The Morgan fingerprint density at radius 3 is 1.97 bits per heavy atom. The number of nitrogens with zero attached hydrogens (tertiary/aromatic N) is 4. The molecular formula is C28H36N4O4. The van der Waals surface area contributed by atoms with Crippen molar-refractivity contribution < 1.29 is 19.1 Å². The highest BCUT2D eigenvalue weighted by Crippen LogP contribution is 2.38. The van der Waals surface area contributed by atoms with E-state index in [1.165, 1.54) is 7.11 Å². The largest absolute Gasteiger partial charge is 0.469 e. The molecule has 0 saturated heterocycles. The third-order valence-electron chi connectivity index (χ3n) is 6.31. The quantitative estimate of drug-likeness (QED) is 0.253. The van der Waals surface area contributed by atoms with E-state index >= 15 is 0 Å². The van der Waals surface area contributed by atoms with Crippen molar-refractivity contribution in [2.75, 3.05) is 31.7 Å². The number of rotatable bonds is 12. The zero-order chi connectivity index (χ0) is 26.8. The van der Waals surface area contributed by atoms with Crippen LogP contribution in [-0.2, 0) is 19.1 Å². The van der Waals surface area contributed by atoms with Gasteiger partial charge in [0.15, 0.2) is 0 Å². The van der Waals surface area contributed by atoms with Crippen molar-refractivity contribution in [3.05, 3.63) is 54.1 Å². The molecule has 0 fully saturated rings. The lowest BCUT2D eigenvalue weighted by Gasteiger charge is -2.33. The number of esters is 2. The van der Waals surface area contributed by atoms with Crippen molar-refractivity contribution >= 4 is 29.0 Å². The summed E-state index contributed by atoms with van der Waals surface area (Å²) in [4.78, 5) is 27.1. The van der Waals surface area contributed by atoms with Crippen LogP contribution in [0.15, 0.2) is 58.8 Å². The third kappa shape index (κ3) is 7.64. The zero-order valence-electron chi connectivity index (χ0n) is 22.1. The molecule has 0 heterocycles. The van der Waals surface area contributed by atoms with E-state index in [9.17, 15) is 9.59 Å². The Bertz CT molecular complexity index is 1090. The van der Waals surface area contributed by atoms with Gasteiger partial charge in [0, 0.05) is 12.2 Å². The first-order chi connectivity index (χ1) is 17.1. The summed E-state index contributed by atoms with van der Waals surface area (Å²) in [6.45, 7) is 10.9. The number of nitriles is 1. The maximum absolute atomic E-state index is 12.8. The molecule has 1 atom stereocenters.